The van der Waals surface area contributed by atoms with Crippen molar-refractivity contribution in [3.8, 4) is 0 Å². The van der Waals surface area contributed by atoms with Gasteiger partial charge in [0.25, 0.3) is 5.91 Å². The van der Waals surface area contributed by atoms with E-state index in [9.17, 15) is 13.2 Å². The van der Waals surface area contributed by atoms with E-state index in [1.807, 2.05) is 18.9 Å². The van der Waals surface area contributed by atoms with Crippen LogP contribution in [0.2, 0.25) is 0 Å². The van der Waals surface area contributed by atoms with Crippen molar-refractivity contribution in [3.63, 3.8) is 0 Å². The average molecular weight is 388 g/mol. The van der Waals surface area contributed by atoms with Crippen LogP contribution in [0, 0.1) is 6.92 Å². The fourth-order valence-corrected chi connectivity index (χ4v) is 4.52. The number of amides is 1. The molecular formula is C17H26ClN3O3S. The second-order valence-corrected chi connectivity index (χ2v) is 8.44. The molecule has 3 rings (SSSR count). The van der Waals surface area contributed by atoms with Crippen molar-refractivity contribution >= 4 is 28.3 Å². The number of aryl methyl sites for hydroxylation is 1. The van der Waals surface area contributed by atoms with Gasteiger partial charge in [-0.1, -0.05) is 6.07 Å². The van der Waals surface area contributed by atoms with E-state index in [0.717, 1.165) is 44.3 Å². The van der Waals surface area contributed by atoms with Crippen molar-refractivity contribution in [1.82, 2.24) is 14.9 Å². The maximum atomic E-state index is 12.9. The van der Waals surface area contributed by atoms with Gasteiger partial charge in [0.2, 0.25) is 10.0 Å². The van der Waals surface area contributed by atoms with Crippen molar-refractivity contribution in [2.75, 3.05) is 20.1 Å². The highest BCUT2D eigenvalue weighted by molar-refractivity contribution is 7.89. The summed E-state index contributed by atoms with van der Waals surface area (Å²) in [4.78, 5) is 15.0. The molecule has 0 radical (unpaired) electrons. The lowest BCUT2D eigenvalue weighted by Gasteiger charge is -2.25. The van der Waals surface area contributed by atoms with Crippen molar-refractivity contribution < 1.29 is 13.2 Å². The molecule has 1 saturated heterocycles. The quantitative estimate of drug-likeness (QED) is 0.778. The number of likely N-dealkylation sites (tertiary alicyclic amines) is 1. The van der Waals surface area contributed by atoms with Gasteiger partial charge >= 0.3 is 0 Å². The molecular weight excluding hydrogens is 362 g/mol. The Morgan fingerprint density at radius 1 is 1.28 bits per heavy atom. The van der Waals surface area contributed by atoms with Crippen molar-refractivity contribution in [1.29, 1.82) is 0 Å². The maximum absolute atomic E-state index is 12.9. The van der Waals surface area contributed by atoms with Crippen LogP contribution in [0.15, 0.2) is 23.1 Å². The summed E-state index contributed by atoms with van der Waals surface area (Å²) in [5.41, 5.74) is 1.29. The van der Waals surface area contributed by atoms with Crippen LogP contribution in [0.3, 0.4) is 0 Å². The highest BCUT2D eigenvalue weighted by Gasteiger charge is 2.31. The molecule has 2 fully saturated rings. The Kier molecular flexibility index (Phi) is 6.48. The zero-order valence-electron chi connectivity index (χ0n) is 14.6. The summed E-state index contributed by atoms with van der Waals surface area (Å²) in [5, 5.41) is 3.12. The Morgan fingerprint density at radius 2 is 2.00 bits per heavy atom. The zero-order valence-corrected chi connectivity index (χ0v) is 16.3. The summed E-state index contributed by atoms with van der Waals surface area (Å²) in [6.07, 6.45) is 3.73. The molecule has 0 bridgehead atoms. The van der Waals surface area contributed by atoms with Gasteiger partial charge in [-0.15, -0.1) is 12.4 Å². The van der Waals surface area contributed by atoms with Crippen molar-refractivity contribution in [3.05, 3.63) is 29.3 Å². The molecule has 1 heterocycles. The van der Waals surface area contributed by atoms with E-state index < -0.39 is 10.0 Å². The largest absolute Gasteiger partial charge is 0.334 e. The van der Waals surface area contributed by atoms with Gasteiger partial charge in [0.05, 0.1) is 4.90 Å². The molecule has 1 aliphatic heterocycles. The Bertz CT molecular complexity index is 735. The predicted octanol–water partition coefficient (Wildman–Crippen LogP) is 1.68. The molecule has 6 nitrogen and oxygen atoms in total. The van der Waals surface area contributed by atoms with Crippen LogP contribution in [-0.2, 0) is 10.0 Å². The molecule has 1 aromatic carbocycles. The molecule has 1 saturated carbocycles. The first-order chi connectivity index (χ1) is 11.4. The second kappa shape index (κ2) is 8.03. The van der Waals surface area contributed by atoms with Crippen molar-refractivity contribution in [2.24, 2.45) is 0 Å². The number of likely N-dealkylation sites (N-methyl/N-ethyl adjacent to an activating group) is 1. The van der Waals surface area contributed by atoms with E-state index in [2.05, 4.69) is 10.0 Å². The van der Waals surface area contributed by atoms with E-state index in [0.29, 0.717) is 5.56 Å². The number of carbonyl (C=O) groups is 1. The van der Waals surface area contributed by atoms with Gasteiger partial charge in [-0.3, -0.25) is 4.79 Å². The Morgan fingerprint density at radius 3 is 2.64 bits per heavy atom. The van der Waals surface area contributed by atoms with Crippen LogP contribution in [0.25, 0.3) is 0 Å². The summed E-state index contributed by atoms with van der Waals surface area (Å²) in [6, 6.07) is 5.04. The average Bonchev–Trinajstić information content (AvgIpc) is 3.21. The molecule has 0 aromatic heterocycles. The third kappa shape index (κ3) is 4.53. The first kappa shape index (κ1) is 20.2. The Labute approximate surface area is 155 Å². The fourth-order valence-electron chi connectivity index (χ4n) is 3.19. The number of carbonyl (C=O) groups excluding carboxylic acids is 1. The number of nitrogens with one attached hydrogen (secondary N) is 2. The first-order valence-corrected chi connectivity index (χ1v) is 9.99. The number of nitrogens with zero attached hydrogens (tertiary/aromatic N) is 1. The van der Waals surface area contributed by atoms with E-state index >= 15 is 0 Å². The van der Waals surface area contributed by atoms with Gasteiger partial charge in [0, 0.05) is 30.7 Å². The smallest absolute Gasteiger partial charge is 0.254 e. The second-order valence-electron chi connectivity index (χ2n) is 6.72. The zero-order chi connectivity index (χ0) is 17.3. The fraction of sp³-hybridized carbons (Fsp3) is 0.588. The molecule has 1 aliphatic carbocycles. The molecule has 0 spiro atoms. The van der Waals surface area contributed by atoms with Gasteiger partial charge in [0.15, 0.2) is 0 Å². The van der Waals surface area contributed by atoms with Gasteiger partial charge in [-0.2, -0.15) is 0 Å². The van der Waals surface area contributed by atoms with Gasteiger partial charge in [-0.25, -0.2) is 13.1 Å². The monoisotopic (exact) mass is 387 g/mol. The van der Waals surface area contributed by atoms with E-state index in [4.69, 9.17) is 0 Å². The molecule has 8 heteroatoms. The molecule has 25 heavy (non-hydrogen) atoms. The third-order valence-electron chi connectivity index (χ3n) is 4.73. The number of hydrogen-bond acceptors (Lipinski definition) is 4. The van der Waals surface area contributed by atoms with E-state index in [1.165, 1.54) is 6.07 Å². The van der Waals surface area contributed by atoms with Crippen LogP contribution in [0.5, 0.6) is 0 Å². The molecule has 2 aliphatic rings. The summed E-state index contributed by atoms with van der Waals surface area (Å²) >= 11 is 0. The molecule has 1 unspecified atom stereocenters. The number of hydrogen-bond donors (Lipinski definition) is 2. The van der Waals surface area contributed by atoms with Crippen LogP contribution in [-0.4, -0.2) is 51.4 Å². The van der Waals surface area contributed by atoms with Crippen LogP contribution >= 0.6 is 12.4 Å². The number of halogens is 1. The Hall–Kier alpha value is -1.15. The SMILES string of the molecule is CNCC1CCCN1C(=O)c1cc(S(=O)(=O)NC2CC2)ccc1C.Cl. The lowest BCUT2D eigenvalue weighted by Crippen LogP contribution is -2.41. The standard InChI is InChI=1S/C17H25N3O3S.ClH/c1-12-5-8-15(24(22,23)19-13-6-7-13)10-16(12)17(21)20-9-3-4-14(20)11-18-2;/h5,8,10,13-14,18-19H,3-4,6-7,9,11H2,1-2H3;1H. The minimum absolute atomic E-state index is 0. The number of sulfonamides is 1. The number of benzene rings is 1. The normalized spacial score (nSPS) is 20.4. The lowest BCUT2D eigenvalue weighted by atomic mass is 10.1. The highest BCUT2D eigenvalue weighted by Crippen LogP contribution is 2.25. The maximum Gasteiger partial charge on any atom is 0.254 e. The van der Waals surface area contributed by atoms with Gasteiger partial charge in [0.1, 0.15) is 0 Å². The van der Waals surface area contributed by atoms with Crippen LogP contribution in [0.1, 0.15) is 41.6 Å². The van der Waals surface area contributed by atoms with Crippen LogP contribution in [0.4, 0.5) is 0 Å². The Balaban J connectivity index is 0.00000225. The molecule has 1 amide bonds. The lowest BCUT2D eigenvalue weighted by molar-refractivity contribution is 0.0736. The number of rotatable bonds is 6. The molecule has 2 N–H and O–H groups in total. The molecule has 140 valence electrons. The summed E-state index contributed by atoms with van der Waals surface area (Å²) in [5.74, 6) is -0.0753. The third-order valence-corrected chi connectivity index (χ3v) is 6.24. The minimum Gasteiger partial charge on any atom is -0.334 e. The molecule has 1 atom stereocenters. The molecule has 1 aromatic rings. The summed E-state index contributed by atoms with van der Waals surface area (Å²) in [6.45, 7) is 3.33. The van der Waals surface area contributed by atoms with Crippen LogP contribution < -0.4 is 10.0 Å². The highest BCUT2D eigenvalue weighted by atomic mass is 35.5. The topological polar surface area (TPSA) is 78.5 Å². The van der Waals surface area contributed by atoms with Crippen molar-refractivity contribution in [2.45, 2.75) is 49.6 Å². The predicted molar refractivity (Wildman–Crippen MR) is 99.8 cm³/mol. The minimum atomic E-state index is -3.55. The van der Waals surface area contributed by atoms with E-state index in [-0.39, 0.29) is 35.3 Å². The summed E-state index contributed by atoms with van der Waals surface area (Å²) in [7, 11) is -1.67. The van der Waals surface area contributed by atoms with Gasteiger partial charge < -0.3 is 10.2 Å². The summed E-state index contributed by atoms with van der Waals surface area (Å²) < 4.78 is 27.5. The first-order valence-electron chi connectivity index (χ1n) is 8.51. The van der Waals surface area contributed by atoms with Gasteiger partial charge in [-0.05, 0) is 57.4 Å². The van der Waals surface area contributed by atoms with E-state index in [1.54, 1.807) is 12.1 Å².